The largest absolute Gasteiger partial charge is 0.375 e. The summed E-state index contributed by atoms with van der Waals surface area (Å²) in [6.07, 6.45) is 8.78. The number of hydrogen-bond acceptors (Lipinski definition) is 5. The fourth-order valence-corrected chi connectivity index (χ4v) is 8.25. The fraction of sp³-hybridized carbons (Fsp3) is 0.952. The molecule has 5 nitrogen and oxygen atoms in total. The Balaban J connectivity index is 1.31. The third-order valence-electron chi connectivity index (χ3n) is 9.61. The molecule has 2 saturated heterocycles. The van der Waals surface area contributed by atoms with E-state index in [0.717, 1.165) is 51.4 Å². The van der Waals surface area contributed by atoms with Crippen LogP contribution in [0.4, 0.5) is 0 Å². The van der Waals surface area contributed by atoms with Gasteiger partial charge in [-0.05, 0) is 62.7 Å². The van der Waals surface area contributed by atoms with Crippen molar-refractivity contribution in [3.8, 4) is 6.07 Å². The highest BCUT2D eigenvalue weighted by molar-refractivity contribution is 5.29. The van der Waals surface area contributed by atoms with E-state index >= 15 is 0 Å². The molecule has 6 aliphatic rings. The zero-order valence-corrected chi connectivity index (χ0v) is 15.6. The molecular formula is C21H29NO4. The number of epoxide rings is 1. The highest BCUT2D eigenvalue weighted by Gasteiger charge is 2.81. The molecule has 142 valence electrons. The zero-order valence-electron chi connectivity index (χ0n) is 15.6. The molecular weight excluding hydrogens is 330 g/mol. The molecule has 6 rings (SSSR count). The normalized spacial score (nSPS) is 59.0. The van der Waals surface area contributed by atoms with Crippen LogP contribution in [0.5, 0.6) is 0 Å². The molecule has 7 atom stereocenters. The van der Waals surface area contributed by atoms with Crippen LogP contribution in [0.1, 0.15) is 64.7 Å². The van der Waals surface area contributed by atoms with Crippen LogP contribution in [0.3, 0.4) is 0 Å². The van der Waals surface area contributed by atoms with Gasteiger partial charge < -0.3 is 19.3 Å². The molecule has 1 spiro atoms. The number of rotatable bonds is 0. The van der Waals surface area contributed by atoms with Crippen molar-refractivity contribution in [2.24, 2.45) is 23.2 Å². The van der Waals surface area contributed by atoms with Gasteiger partial charge in [0.15, 0.2) is 11.4 Å². The number of hydrogen-bond donors (Lipinski definition) is 1. The molecule has 0 bridgehead atoms. The second kappa shape index (κ2) is 4.66. The van der Waals surface area contributed by atoms with Crippen molar-refractivity contribution in [3.63, 3.8) is 0 Å². The lowest BCUT2D eigenvalue weighted by Crippen LogP contribution is -2.57. The van der Waals surface area contributed by atoms with Crippen LogP contribution in [0, 0.1) is 34.5 Å². The Morgan fingerprint density at radius 1 is 0.962 bits per heavy atom. The fourth-order valence-electron chi connectivity index (χ4n) is 8.25. The third kappa shape index (κ3) is 1.64. The van der Waals surface area contributed by atoms with E-state index in [-0.39, 0.29) is 22.4 Å². The zero-order chi connectivity index (χ0) is 17.8. The molecule has 2 aliphatic heterocycles. The minimum Gasteiger partial charge on any atom is -0.375 e. The summed E-state index contributed by atoms with van der Waals surface area (Å²) < 4.78 is 18.7. The highest BCUT2D eigenvalue weighted by Crippen LogP contribution is 2.75. The summed E-state index contributed by atoms with van der Waals surface area (Å²) in [5.41, 5.74) is -1.40. The average Bonchev–Trinajstić information content (AvgIpc) is 2.98. The number of fused-ring (bicyclic) bond motifs is 3. The summed E-state index contributed by atoms with van der Waals surface area (Å²) in [6, 6.07) is 2.27. The van der Waals surface area contributed by atoms with E-state index in [4.69, 9.17) is 14.2 Å². The molecule has 0 aromatic heterocycles. The van der Waals surface area contributed by atoms with E-state index in [0.29, 0.717) is 37.4 Å². The van der Waals surface area contributed by atoms with Crippen LogP contribution in [0.25, 0.3) is 0 Å². The Labute approximate surface area is 155 Å². The van der Waals surface area contributed by atoms with Crippen molar-refractivity contribution >= 4 is 0 Å². The summed E-state index contributed by atoms with van der Waals surface area (Å²) >= 11 is 0. The average molecular weight is 359 g/mol. The van der Waals surface area contributed by atoms with E-state index in [9.17, 15) is 10.4 Å². The summed E-state index contributed by atoms with van der Waals surface area (Å²) in [7, 11) is 0. The maximum atomic E-state index is 11.0. The molecule has 26 heavy (non-hydrogen) atoms. The summed E-state index contributed by atoms with van der Waals surface area (Å²) in [4.78, 5) is 0. The van der Waals surface area contributed by atoms with Gasteiger partial charge in [-0.2, -0.15) is 5.26 Å². The lowest BCUT2D eigenvalue weighted by atomic mass is 9.49. The minimum atomic E-state index is -1.14. The van der Waals surface area contributed by atoms with Gasteiger partial charge >= 0.3 is 0 Å². The highest BCUT2D eigenvalue weighted by atomic mass is 16.7. The van der Waals surface area contributed by atoms with E-state index in [2.05, 4.69) is 13.0 Å². The lowest BCUT2D eigenvalue weighted by molar-refractivity contribution is -0.192. The van der Waals surface area contributed by atoms with Gasteiger partial charge in [0.05, 0.1) is 19.3 Å². The van der Waals surface area contributed by atoms with Crippen molar-refractivity contribution in [1.29, 1.82) is 5.26 Å². The number of ether oxygens (including phenoxy) is 3. The van der Waals surface area contributed by atoms with E-state index in [1.54, 1.807) is 0 Å². The van der Waals surface area contributed by atoms with Crippen molar-refractivity contribution in [3.05, 3.63) is 0 Å². The van der Waals surface area contributed by atoms with E-state index < -0.39 is 5.60 Å². The molecule has 4 aliphatic carbocycles. The molecule has 0 amide bonds. The molecule has 4 saturated carbocycles. The minimum absolute atomic E-state index is 0.0190. The first-order valence-electron chi connectivity index (χ1n) is 10.5. The van der Waals surface area contributed by atoms with Gasteiger partial charge in [0.25, 0.3) is 0 Å². The lowest BCUT2D eigenvalue weighted by Gasteiger charge is -2.54. The standard InChI is InChI=1S/C21H29NO4/c1-17-5-3-16-14(15(17)4-6-18(17,23)13-22)2-7-19-12-20(24-10-11-25-20)8-9-21(16,19)26-19/h14-16,23H,2-12H2,1H3/t14-,15-,16?,17?,18-,19+,21+/m0/s1. The molecule has 5 heteroatoms. The van der Waals surface area contributed by atoms with E-state index in [1.807, 2.05) is 0 Å². The van der Waals surface area contributed by atoms with E-state index in [1.165, 1.54) is 0 Å². The number of aliphatic hydroxyl groups is 1. The first kappa shape index (κ1) is 16.3. The molecule has 0 aromatic rings. The molecule has 0 aromatic carbocycles. The Hall–Kier alpha value is -0.670. The van der Waals surface area contributed by atoms with Crippen LogP contribution in [-0.4, -0.2) is 40.9 Å². The van der Waals surface area contributed by atoms with Gasteiger partial charge in [0, 0.05) is 18.3 Å². The molecule has 0 radical (unpaired) electrons. The van der Waals surface area contributed by atoms with Crippen LogP contribution < -0.4 is 0 Å². The van der Waals surface area contributed by atoms with Gasteiger partial charge in [-0.1, -0.05) is 6.92 Å². The van der Waals surface area contributed by atoms with Crippen molar-refractivity contribution in [1.82, 2.24) is 0 Å². The smallest absolute Gasteiger partial charge is 0.171 e. The number of nitriles is 1. The Morgan fingerprint density at radius 2 is 1.73 bits per heavy atom. The molecule has 2 heterocycles. The molecule has 2 unspecified atom stereocenters. The maximum Gasteiger partial charge on any atom is 0.171 e. The van der Waals surface area contributed by atoms with Crippen LogP contribution in [0.15, 0.2) is 0 Å². The Morgan fingerprint density at radius 3 is 2.50 bits per heavy atom. The van der Waals surface area contributed by atoms with Gasteiger partial charge in [-0.15, -0.1) is 0 Å². The molecule has 6 fully saturated rings. The monoisotopic (exact) mass is 359 g/mol. The summed E-state index contributed by atoms with van der Waals surface area (Å²) in [5.74, 6) is 1.24. The Kier molecular flexibility index (Phi) is 2.92. The summed E-state index contributed by atoms with van der Waals surface area (Å²) in [5, 5.41) is 20.6. The van der Waals surface area contributed by atoms with Crippen molar-refractivity contribution in [2.45, 2.75) is 87.3 Å². The van der Waals surface area contributed by atoms with Crippen LogP contribution in [-0.2, 0) is 14.2 Å². The second-order valence-electron chi connectivity index (χ2n) is 10.2. The SMILES string of the molecule is CC12CCC3[C@@H](CC[C@@]45CC6(CC[C@@]34O5)OCCO6)[C@@H]1CC[C@]2(O)C#N. The van der Waals surface area contributed by atoms with Gasteiger partial charge in [0.1, 0.15) is 11.2 Å². The third-order valence-corrected chi connectivity index (χ3v) is 9.61. The molecule has 1 N–H and O–H groups in total. The first-order chi connectivity index (χ1) is 12.4. The van der Waals surface area contributed by atoms with Crippen molar-refractivity contribution < 1.29 is 19.3 Å². The van der Waals surface area contributed by atoms with Crippen molar-refractivity contribution in [2.75, 3.05) is 13.2 Å². The van der Waals surface area contributed by atoms with Gasteiger partial charge in [0.2, 0.25) is 0 Å². The van der Waals surface area contributed by atoms with Crippen LogP contribution in [0.2, 0.25) is 0 Å². The number of nitrogens with zero attached hydrogens (tertiary/aromatic N) is 1. The quantitative estimate of drug-likeness (QED) is 0.532. The topological polar surface area (TPSA) is 75.0 Å². The Bertz CT molecular complexity index is 699. The second-order valence-corrected chi connectivity index (χ2v) is 10.2. The predicted molar refractivity (Wildman–Crippen MR) is 91.9 cm³/mol. The predicted octanol–water partition coefficient (Wildman–Crippen LogP) is 2.91. The van der Waals surface area contributed by atoms with Gasteiger partial charge in [-0.3, -0.25) is 0 Å². The first-order valence-corrected chi connectivity index (χ1v) is 10.5. The van der Waals surface area contributed by atoms with Gasteiger partial charge in [-0.25, -0.2) is 0 Å². The van der Waals surface area contributed by atoms with Crippen LogP contribution >= 0.6 is 0 Å². The summed E-state index contributed by atoms with van der Waals surface area (Å²) in [6.45, 7) is 3.60. The maximum absolute atomic E-state index is 11.0.